The Kier molecular flexibility index (Phi) is 6.02. The summed E-state index contributed by atoms with van der Waals surface area (Å²) in [6.45, 7) is 0.544. The number of nitrogens with one attached hydrogen (secondary N) is 2. The van der Waals surface area contributed by atoms with Crippen LogP contribution in [0.2, 0.25) is 0 Å². The van der Waals surface area contributed by atoms with Crippen LogP contribution < -0.4 is 15.8 Å². The summed E-state index contributed by atoms with van der Waals surface area (Å²) in [6.07, 6.45) is 6.55. The largest absolute Gasteiger partial charge is 0.354 e. The Morgan fingerprint density at radius 2 is 1.85 bits per heavy atom. The van der Waals surface area contributed by atoms with Gasteiger partial charge in [0.15, 0.2) is 0 Å². The van der Waals surface area contributed by atoms with E-state index in [1.807, 2.05) is 0 Å². The van der Waals surface area contributed by atoms with E-state index in [1.54, 1.807) is 24.4 Å². The molecule has 0 spiro atoms. The fourth-order valence-electron chi connectivity index (χ4n) is 3.06. The second-order valence-electron chi connectivity index (χ2n) is 6.59. The quantitative estimate of drug-likeness (QED) is 0.658. The molecule has 0 aliphatic heterocycles. The molecule has 1 fully saturated rings. The maximum atomic E-state index is 12.3. The van der Waals surface area contributed by atoms with Crippen LogP contribution >= 0.6 is 0 Å². The maximum Gasteiger partial charge on any atom is 0.270 e. The van der Waals surface area contributed by atoms with E-state index in [-0.39, 0.29) is 16.8 Å². The van der Waals surface area contributed by atoms with Gasteiger partial charge >= 0.3 is 0 Å². The third-order valence-corrected chi connectivity index (χ3v) is 5.46. The number of primary sulfonamides is 1. The number of amides is 1. The molecule has 27 heavy (non-hydrogen) atoms. The fourth-order valence-corrected chi connectivity index (χ4v) is 3.58. The van der Waals surface area contributed by atoms with Crippen LogP contribution in [0.4, 0.5) is 5.95 Å². The lowest BCUT2D eigenvalue weighted by molar-refractivity contribution is 0.0932. The molecule has 1 aromatic carbocycles. The van der Waals surface area contributed by atoms with E-state index in [0.29, 0.717) is 24.6 Å². The summed E-state index contributed by atoms with van der Waals surface area (Å²) in [5, 5.41) is 11.2. The highest BCUT2D eigenvalue weighted by molar-refractivity contribution is 7.89. The smallest absolute Gasteiger partial charge is 0.270 e. The topological polar surface area (TPSA) is 127 Å². The molecule has 1 saturated carbocycles. The molecule has 1 heterocycles. The minimum atomic E-state index is -3.68. The highest BCUT2D eigenvalue weighted by atomic mass is 32.2. The molecule has 0 saturated heterocycles. The number of carbonyl (C=O) groups is 1. The van der Waals surface area contributed by atoms with Crippen molar-refractivity contribution >= 4 is 21.9 Å². The van der Waals surface area contributed by atoms with Crippen molar-refractivity contribution in [3.8, 4) is 0 Å². The van der Waals surface area contributed by atoms with Crippen LogP contribution in [0.5, 0.6) is 0 Å². The summed E-state index contributed by atoms with van der Waals surface area (Å²) in [5.41, 5.74) is 1.29. The van der Waals surface area contributed by atoms with Gasteiger partial charge in [-0.3, -0.25) is 4.79 Å². The highest BCUT2D eigenvalue weighted by Gasteiger charge is 2.18. The number of rotatable bonds is 7. The Morgan fingerprint density at radius 1 is 1.15 bits per heavy atom. The normalized spacial score (nSPS) is 14.9. The summed E-state index contributed by atoms with van der Waals surface area (Å²) < 4.78 is 22.5. The zero-order valence-corrected chi connectivity index (χ0v) is 15.7. The highest BCUT2D eigenvalue weighted by Crippen LogP contribution is 2.18. The second-order valence-corrected chi connectivity index (χ2v) is 8.15. The molecule has 3 rings (SSSR count). The van der Waals surface area contributed by atoms with E-state index >= 15 is 0 Å². The number of hydrogen-bond acceptors (Lipinski definition) is 6. The summed E-state index contributed by atoms with van der Waals surface area (Å²) >= 11 is 0. The van der Waals surface area contributed by atoms with Gasteiger partial charge in [0.2, 0.25) is 16.0 Å². The molecular formula is C18H23N5O3S. The van der Waals surface area contributed by atoms with E-state index in [1.165, 1.54) is 12.1 Å². The van der Waals surface area contributed by atoms with Crippen molar-refractivity contribution in [3.05, 3.63) is 47.8 Å². The van der Waals surface area contributed by atoms with Gasteiger partial charge < -0.3 is 10.6 Å². The Hall–Kier alpha value is -2.52. The maximum absolute atomic E-state index is 12.3. The number of nitrogens with zero attached hydrogens (tertiary/aromatic N) is 2. The molecule has 9 heteroatoms. The van der Waals surface area contributed by atoms with Crippen LogP contribution in [-0.2, 0) is 16.4 Å². The third-order valence-electron chi connectivity index (χ3n) is 4.53. The zero-order chi connectivity index (χ0) is 19.3. The lowest BCUT2D eigenvalue weighted by atomic mass is 10.1. The van der Waals surface area contributed by atoms with E-state index < -0.39 is 10.0 Å². The number of benzene rings is 1. The predicted molar refractivity (Wildman–Crippen MR) is 102 cm³/mol. The van der Waals surface area contributed by atoms with Gasteiger partial charge in [0.05, 0.1) is 4.90 Å². The average Bonchev–Trinajstić information content (AvgIpc) is 3.15. The minimum Gasteiger partial charge on any atom is -0.354 e. The lowest BCUT2D eigenvalue weighted by Crippen LogP contribution is -2.33. The van der Waals surface area contributed by atoms with Gasteiger partial charge in [-0.15, -0.1) is 0 Å². The molecule has 0 atom stereocenters. The first-order valence-corrected chi connectivity index (χ1v) is 10.5. The number of anilines is 1. The Morgan fingerprint density at radius 3 is 2.52 bits per heavy atom. The van der Waals surface area contributed by atoms with Gasteiger partial charge in [0.1, 0.15) is 5.69 Å². The fraction of sp³-hybridized carbons (Fsp3) is 0.389. The molecule has 1 aliphatic carbocycles. The van der Waals surface area contributed by atoms with E-state index in [0.717, 1.165) is 31.2 Å². The SMILES string of the molecule is NS(=O)(=O)c1ccc(CCNc2nccc(C(=O)NC3CCCC3)n2)cc1. The van der Waals surface area contributed by atoms with Crippen molar-refractivity contribution in [3.63, 3.8) is 0 Å². The molecule has 1 amide bonds. The van der Waals surface area contributed by atoms with Crippen molar-refractivity contribution in [2.24, 2.45) is 5.14 Å². The summed E-state index contributed by atoms with van der Waals surface area (Å²) in [5.74, 6) is 0.209. The molecule has 0 radical (unpaired) electrons. The van der Waals surface area contributed by atoms with E-state index in [4.69, 9.17) is 5.14 Å². The Bertz CT molecular complexity index is 893. The van der Waals surface area contributed by atoms with Crippen molar-refractivity contribution in [1.82, 2.24) is 15.3 Å². The van der Waals surface area contributed by atoms with Crippen LogP contribution in [0.1, 0.15) is 41.7 Å². The van der Waals surface area contributed by atoms with Crippen LogP contribution in [-0.4, -0.2) is 36.9 Å². The molecule has 2 aromatic rings. The number of carbonyl (C=O) groups excluding carboxylic acids is 1. The van der Waals surface area contributed by atoms with Crippen LogP contribution in [0.15, 0.2) is 41.4 Å². The summed E-state index contributed by atoms with van der Waals surface area (Å²) in [6, 6.07) is 8.23. The standard InChI is InChI=1S/C18H23N5O3S/c19-27(25,26)15-7-5-13(6-8-15)9-11-20-18-21-12-10-16(23-18)17(24)22-14-3-1-2-4-14/h5-8,10,12,14H,1-4,9,11H2,(H,22,24)(H2,19,25,26)(H,20,21,23). The lowest BCUT2D eigenvalue weighted by Gasteiger charge is -2.12. The van der Waals surface area contributed by atoms with Gasteiger partial charge in [-0.25, -0.2) is 23.5 Å². The first-order chi connectivity index (χ1) is 12.9. The Labute approximate surface area is 158 Å². The molecular weight excluding hydrogens is 366 g/mol. The molecule has 0 unspecified atom stereocenters. The monoisotopic (exact) mass is 389 g/mol. The molecule has 1 aromatic heterocycles. The third kappa shape index (κ3) is 5.48. The van der Waals surface area contributed by atoms with Crippen LogP contribution in [0, 0.1) is 0 Å². The Balaban J connectivity index is 1.53. The van der Waals surface area contributed by atoms with Crippen molar-refractivity contribution in [2.45, 2.75) is 43.0 Å². The van der Waals surface area contributed by atoms with Gasteiger partial charge in [0, 0.05) is 18.8 Å². The number of aromatic nitrogens is 2. The first kappa shape index (κ1) is 19.2. The molecule has 0 bridgehead atoms. The first-order valence-electron chi connectivity index (χ1n) is 8.91. The summed E-state index contributed by atoms with van der Waals surface area (Å²) in [7, 11) is -3.68. The average molecular weight is 389 g/mol. The van der Waals surface area contributed by atoms with Gasteiger partial charge in [-0.05, 0) is 43.0 Å². The van der Waals surface area contributed by atoms with Gasteiger partial charge in [-0.1, -0.05) is 25.0 Å². The number of nitrogens with two attached hydrogens (primary N) is 1. The summed E-state index contributed by atoms with van der Waals surface area (Å²) in [4.78, 5) is 20.8. The van der Waals surface area contributed by atoms with E-state index in [2.05, 4.69) is 20.6 Å². The van der Waals surface area contributed by atoms with E-state index in [9.17, 15) is 13.2 Å². The molecule has 8 nitrogen and oxygen atoms in total. The zero-order valence-electron chi connectivity index (χ0n) is 14.9. The van der Waals surface area contributed by atoms with Crippen LogP contribution in [0.25, 0.3) is 0 Å². The van der Waals surface area contributed by atoms with Crippen molar-refractivity contribution in [1.29, 1.82) is 0 Å². The molecule has 1 aliphatic rings. The van der Waals surface area contributed by atoms with Gasteiger partial charge in [0.25, 0.3) is 5.91 Å². The van der Waals surface area contributed by atoms with Gasteiger partial charge in [-0.2, -0.15) is 0 Å². The molecule has 144 valence electrons. The predicted octanol–water partition coefficient (Wildman–Crippen LogP) is 1.45. The second kappa shape index (κ2) is 8.45. The van der Waals surface area contributed by atoms with Crippen molar-refractivity contribution < 1.29 is 13.2 Å². The number of sulfonamides is 1. The van der Waals surface area contributed by atoms with Crippen molar-refractivity contribution in [2.75, 3.05) is 11.9 Å². The molecule has 4 N–H and O–H groups in total. The number of hydrogen-bond donors (Lipinski definition) is 3. The minimum absolute atomic E-state index is 0.0866. The van der Waals surface area contributed by atoms with Crippen LogP contribution in [0.3, 0.4) is 0 Å².